The lowest BCUT2D eigenvalue weighted by molar-refractivity contribution is -0.112. The standard InChI is InChI=1S/C17H13ClN4O3/c1-11-15(16(23)22(20-11)14-8-3-2-4-9-14)21-25-17(24)19-13-7-5-6-12(18)10-13/h2-10H,1H3,(H,19,24)/b21-15+. The van der Waals surface area contributed by atoms with Crippen molar-refractivity contribution in [2.45, 2.75) is 6.92 Å². The van der Waals surface area contributed by atoms with Gasteiger partial charge in [0.2, 0.25) is 0 Å². The average molecular weight is 357 g/mol. The molecule has 7 nitrogen and oxygen atoms in total. The number of hydrogen-bond acceptors (Lipinski definition) is 5. The highest BCUT2D eigenvalue weighted by atomic mass is 35.5. The molecule has 0 radical (unpaired) electrons. The van der Waals surface area contributed by atoms with Crippen LogP contribution >= 0.6 is 11.6 Å². The molecular weight excluding hydrogens is 344 g/mol. The zero-order chi connectivity index (χ0) is 17.8. The lowest BCUT2D eigenvalue weighted by atomic mass is 10.2. The first kappa shape index (κ1) is 16.7. The van der Waals surface area contributed by atoms with Gasteiger partial charge in [0.25, 0.3) is 0 Å². The molecule has 1 heterocycles. The number of anilines is 2. The molecule has 0 atom stereocenters. The Hall–Kier alpha value is -3.19. The largest absolute Gasteiger partial charge is 0.437 e. The summed E-state index contributed by atoms with van der Waals surface area (Å²) in [7, 11) is 0. The molecule has 3 rings (SSSR count). The molecule has 1 aliphatic heterocycles. The molecule has 2 amide bonds. The summed E-state index contributed by atoms with van der Waals surface area (Å²) < 4.78 is 0. The maximum atomic E-state index is 12.4. The van der Waals surface area contributed by atoms with E-state index in [1.54, 1.807) is 55.5 Å². The van der Waals surface area contributed by atoms with E-state index >= 15 is 0 Å². The predicted molar refractivity (Wildman–Crippen MR) is 96.0 cm³/mol. The van der Waals surface area contributed by atoms with Gasteiger partial charge in [0.1, 0.15) is 0 Å². The summed E-state index contributed by atoms with van der Waals surface area (Å²) in [6.45, 7) is 1.61. The second kappa shape index (κ2) is 7.14. The van der Waals surface area contributed by atoms with Crippen molar-refractivity contribution in [3.63, 3.8) is 0 Å². The van der Waals surface area contributed by atoms with Gasteiger partial charge in [-0.05, 0) is 37.3 Å². The van der Waals surface area contributed by atoms with Gasteiger partial charge in [-0.1, -0.05) is 41.0 Å². The second-order valence-electron chi connectivity index (χ2n) is 5.09. The van der Waals surface area contributed by atoms with Crippen LogP contribution in [0.1, 0.15) is 6.92 Å². The van der Waals surface area contributed by atoms with Gasteiger partial charge >= 0.3 is 12.0 Å². The van der Waals surface area contributed by atoms with Gasteiger partial charge < -0.3 is 0 Å². The maximum Gasteiger partial charge on any atom is 0.437 e. The van der Waals surface area contributed by atoms with E-state index in [1.165, 1.54) is 5.01 Å². The first-order chi connectivity index (χ1) is 12.0. The predicted octanol–water partition coefficient (Wildman–Crippen LogP) is 3.67. The van der Waals surface area contributed by atoms with Crippen molar-refractivity contribution < 1.29 is 14.4 Å². The Morgan fingerprint density at radius 3 is 2.68 bits per heavy atom. The number of oxime groups is 1. The number of amides is 2. The van der Waals surface area contributed by atoms with Crippen LogP contribution in [0.4, 0.5) is 16.2 Å². The molecule has 0 fully saturated rings. The fraction of sp³-hybridized carbons (Fsp3) is 0.0588. The summed E-state index contributed by atoms with van der Waals surface area (Å²) in [5.74, 6) is -0.473. The molecule has 0 aromatic heterocycles. The third-order valence-corrected chi connectivity index (χ3v) is 3.51. The van der Waals surface area contributed by atoms with Crippen molar-refractivity contribution in [2.24, 2.45) is 10.3 Å². The van der Waals surface area contributed by atoms with Crippen molar-refractivity contribution in [2.75, 3.05) is 10.3 Å². The third kappa shape index (κ3) is 3.84. The van der Waals surface area contributed by atoms with Crippen LogP contribution in [-0.2, 0) is 9.63 Å². The van der Waals surface area contributed by atoms with Gasteiger partial charge in [-0.15, -0.1) is 0 Å². The van der Waals surface area contributed by atoms with E-state index in [9.17, 15) is 9.59 Å². The van der Waals surface area contributed by atoms with Crippen molar-refractivity contribution in [3.05, 3.63) is 59.6 Å². The smallest absolute Gasteiger partial charge is 0.297 e. The van der Waals surface area contributed by atoms with Crippen molar-refractivity contribution in [3.8, 4) is 0 Å². The monoisotopic (exact) mass is 356 g/mol. The Bertz CT molecular complexity index is 880. The summed E-state index contributed by atoms with van der Waals surface area (Å²) >= 11 is 5.84. The minimum atomic E-state index is -0.839. The van der Waals surface area contributed by atoms with Gasteiger partial charge in [-0.25, -0.2) is 4.79 Å². The van der Waals surface area contributed by atoms with Crippen molar-refractivity contribution >= 4 is 46.4 Å². The van der Waals surface area contributed by atoms with Crippen LogP contribution < -0.4 is 10.3 Å². The summed E-state index contributed by atoms with van der Waals surface area (Å²) in [5, 5.41) is 11.9. The number of nitrogens with one attached hydrogen (secondary N) is 1. The van der Waals surface area contributed by atoms with E-state index in [0.717, 1.165) is 0 Å². The zero-order valence-corrected chi connectivity index (χ0v) is 13.9. The number of rotatable bonds is 3. The number of carbonyl (C=O) groups excluding carboxylic acids is 2. The van der Waals surface area contributed by atoms with Gasteiger partial charge in [0.15, 0.2) is 5.71 Å². The molecule has 0 aliphatic carbocycles. The fourth-order valence-electron chi connectivity index (χ4n) is 2.14. The first-order valence-corrected chi connectivity index (χ1v) is 7.69. The Morgan fingerprint density at radius 1 is 1.20 bits per heavy atom. The van der Waals surface area contributed by atoms with E-state index < -0.39 is 12.0 Å². The quantitative estimate of drug-likeness (QED) is 0.672. The molecule has 1 N–H and O–H groups in total. The lowest BCUT2D eigenvalue weighted by Crippen LogP contribution is -2.27. The third-order valence-electron chi connectivity index (χ3n) is 3.28. The number of hydrogen-bond donors (Lipinski definition) is 1. The topological polar surface area (TPSA) is 83.4 Å². The highest BCUT2D eigenvalue weighted by Gasteiger charge is 2.31. The number of hydrazone groups is 1. The molecule has 0 bridgehead atoms. The number of halogens is 1. The fourth-order valence-corrected chi connectivity index (χ4v) is 2.33. The molecule has 0 saturated carbocycles. The molecule has 0 saturated heterocycles. The first-order valence-electron chi connectivity index (χ1n) is 7.31. The molecule has 126 valence electrons. The highest BCUT2D eigenvalue weighted by molar-refractivity contribution is 6.71. The summed E-state index contributed by atoms with van der Waals surface area (Å²) in [5.41, 5.74) is 1.36. The van der Waals surface area contributed by atoms with E-state index in [1.807, 2.05) is 6.07 Å². The minimum Gasteiger partial charge on any atom is -0.297 e. The highest BCUT2D eigenvalue weighted by Crippen LogP contribution is 2.19. The van der Waals surface area contributed by atoms with E-state index in [-0.39, 0.29) is 5.71 Å². The molecule has 25 heavy (non-hydrogen) atoms. The van der Waals surface area contributed by atoms with Gasteiger partial charge in [0.05, 0.1) is 11.4 Å². The second-order valence-corrected chi connectivity index (χ2v) is 5.53. The van der Waals surface area contributed by atoms with Crippen molar-refractivity contribution in [1.29, 1.82) is 0 Å². The molecule has 2 aromatic carbocycles. The average Bonchev–Trinajstić information content (AvgIpc) is 2.88. The molecule has 1 aliphatic rings. The van der Waals surface area contributed by atoms with Gasteiger partial charge in [-0.2, -0.15) is 10.1 Å². The van der Waals surface area contributed by atoms with Crippen LogP contribution in [0.5, 0.6) is 0 Å². The summed E-state index contributed by atoms with van der Waals surface area (Å²) in [6.07, 6.45) is -0.839. The van der Waals surface area contributed by atoms with Crippen molar-refractivity contribution in [1.82, 2.24) is 0 Å². The Kier molecular flexibility index (Phi) is 4.76. The van der Waals surface area contributed by atoms with Crippen LogP contribution in [-0.4, -0.2) is 23.4 Å². The minimum absolute atomic E-state index is 0.0369. The molecule has 8 heteroatoms. The van der Waals surface area contributed by atoms with Crippen LogP contribution in [0.15, 0.2) is 64.9 Å². The molecular formula is C17H13ClN4O3. The molecule has 0 spiro atoms. The summed E-state index contributed by atoms with van der Waals surface area (Å²) in [4.78, 5) is 28.9. The Balaban J connectivity index is 1.68. The van der Waals surface area contributed by atoms with E-state index in [2.05, 4.69) is 15.6 Å². The van der Waals surface area contributed by atoms with Gasteiger partial charge in [-0.3, -0.25) is 14.9 Å². The van der Waals surface area contributed by atoms with E-state index in [4.69, 9.17) is 16.4 Å². The maximum absolute atomic E-state index is 12.4. The summed E-state index contributed by atoms with van der Waals surface area (Å²) in [6, 6.07) is 15.4. The molecule has 0 unspecified atom stereocenters. The van der Waals surface area contributed by atoms with Crippen LogP contribution in [0, 0.1) is 0 Å². The Labute approximate surface area is 148 Å². The van der Waals surface area contributed by atoms with Gasteiger partial charge in [0, 0.05) is 10.7 Å². The number of benzene rings is 2. The SMILES string of the molecule is CC1=NN(c2ccccc2)C(=O)/C1=N/OC(=O)Nc1cccc(Cl)c1. The normalized spacial score (nSPS) is 15.3. The number of carbonyl (C=O) groups is 2. The number of nitrogens with zero attached hydrogens (tertiary/aromatic N) is 3. The lowest BCUT2D eigenvalue weighted by Gasteiger charge is -2.10. The number of para-hydroxylation sites is 1. The van der Waals surface area contributed by atoms with E-state index in [0.29, 0.717) is 22.1 Å². The molecule has 2 aromatic rings. The zero-order valence-electron chi connectivity index (χ0n) is 13.1. The Morgan fingerprint density at radius 2 is 1.96 bits per heavy atom. The van der Waals surface area contributed by atoms with Crippen LogP contribution in [0.25, 0.3) is 0 Å². The van der Waals surface area contributed by atoms with Crippen LogP contribution in [0.2, 0.25) is 5.02 Å². The van der Waals surface area contributed by atoms with Crippen LogP contribution in [0.3, 0.4) is 0 Å².